The molecule has 0 radical (unpaired) electrons. The molecule has 7 nitrogen and oxygen atoms in total. The van der Waals surface area contributed by atoms with Gasteiger partial charge in [-0.1, -0.05) is 38.1 Å². The number of ether oxygens (including phenoxy) is 2. The minimum atomic E-state index is -0.272. The number of aromatic nitrogens is 2. The van der Waals surface area contributed by atoms with Gasteiger partial charge in [-0.15, -0.1) is 0 Å². The van der Waals surface area contributed by atoms with Crippen molar-refractivity contribution in [2.24, 2.45) is 0 Å². The van der Waals surface area contributed by atoms with Crippen LogP contribution in [-0.4, -0.2) is 49.7 Å². The maximum Gasteiger partial charge on any atom is 0.282 e. The highest BCUT2D eigenvalue weighted by Crippen LogP contribution is 2.36. The number of anilines is 1. The number of aryl methyl sites for hydroxylation is 1. The zero-order valence-corrected chi connectivity index (χ0v) is 19.3. The maximum absolute atomic E-state index is 12.9. The van der Waals surface area contributed by atoms with E-state index < -0.39 is 0 Å². The second kappa shape index (κ2) is 9.83. The fourth-order valence-corrected chi connectivity index (χ4v) is 3.75. The van der Waals surface area contributed by atoms with E-state index >= 15 is 0 Å². The molecule has 0 amide bonds. The van der Waals surface area contributed by atoms with Gasteiger partial charge >= 0.3 is 0 Å². The number of nitrogens with zero attached hydrogens (tertiary/aromatic N) is 3. The molecule has 0 saturated carbocycles. The molecule has 0 unspecified atom stereocenters. The first-order chi connectivity index (χ1) is 14.9. The fraction of sp³-hybridized carbons (Fsp3) is 0.417. The van der Waals surface area contributed by atoms with Crippen LogP contribution in [0.1, 0.15) is 30.5 Å². The first-order valence-electron chi connectivity index (χ1n) is 10.6. The summed E-state index contributed by atoms with van der Waals surface area (Å²) in [6, 6.07) is 10.3. The van der Waals surface area contributed by atoms with Crippen LogP contribution in [0.3, 0.4) is 0 Å². The molecule has 1 N–H and O–H groups in total. The van der Waals surface area contributed by atoms with Gasteiger partial charge in [0.1, 0.15) is 0 Å². The summed E-state index contributed by atoms with van der Waals surface area (Å²) in [7, 11) is 7.21. The summed E-state index contributed by atoms with van der Waals surface area (Å²) in [6.07, 6.45) is 0.635. The van der Waals surface area contributed by atoms with Crippen molar-refractivity contribution in [2.45, 2.75) is 33.4 Å². The monoisotopic (exact) mass is 424 g/mol. The van der Waals surface area contributed by atoms with Gasteiger partial charge in [0.25, 0.3) is 5.56 Å². The standard InChI is InChI=1S/C24H32N4O3/c1-7-18-21-19(13-20(30-5)22(18)31-6)25-24(26-23(21)29)28(4)15-17-11-9-16(10-12-17)14-27(3)8-2/h9-13H,7-8,14-15H2,1-6H3,(H,25,26,29). The highest BCUT2D eigenvalue weighted by atomic mass is 16.5. The Bertz CT molecular complexity index is 1090. The molecule has 0 bridgehead atoms. The van der Waals surface area contributed by atoms with Crippen molar-refractivity contribution in [1.82, 2.24) is 14.9 Å². The number of aromatic amines is 1. The lowest BCUT2D eigenvalue weighted by Crippen LogP contribution is -2.23. The molecule has 166 valence electrons. The molecule has 31 heavy (non-hydrogen) atoms. The van der Waals surface area contributed by atoms with Crippen LogP contribution in [0.15, 0.2) is 35.1 Å². The van der Waals surface area contributed by atoms with Crippen molar-refractivity contribution in [2.75, 3.05) is 39.8 Å². The van der Waals surface area contributed by atoms with Gasteiger partial charge < -0.3 is 24.3 Å². The minimum Gasteiger partial charge on any atom is -0.493 e. The summed E-state index contributed by atoms with van der Waals surface area (Å²) in [6.45, 7) is 6.71. The molecule has 0 aliphatic rings. The first-order valence-corrected chi connectivity index (χ1v) is 10.6. The van der Waals surface area contributed by atoms with Gasteiger partial charge in [-0.2, -0.15) is 4.98 Å². The third-order valence-electron chi connectivity index (χ3n) is 5.59. The summed E-state index contributed by atoms with van der Waals surface area (Å²) >= 11 is 0. The third kappa shape index (κ3) is 4.82. The molecule has 3 rings (SSSR count). The lowest BCUT2D eigenvalue weighted by Gasteiger charge is -2.20. The number of fused-ring (bicyclic) bond motifs is 1. The van der Waals surface area contributed by atoms with Crippen molar-refractivity contribution in [3.63, 3.8) is 0 Å². The number of nitrogens with one attached hydrogen (secondary N) is 1. The molecule has 7 heteroatoms. The molecule has 0 aliphatic carbocycles. The largest absolute Gasteiger partial charge is 0.493 e. The van der Waals surface area contributed by atoms with Crippen molar-refractivity contribution in [1.29, 1.82) is 0 Å². The Balaban J connectivity index is 1.91. The lowest BCUT2D eigenvalue weighted by atomic mass is 10.0. The average molecular weight is 425 g/mol. The topological polar surface area (TPSA) is 70.7 Å². The van der Waals surface area contributed by atoms with Gasteiger partial charge in [0.05, 0.1) is 25.1 Å². The summed E-state index contributed by atoms with van der Waals surface area (Å²) in [4.78, 5) is 24.7. The van der Waals surface area contributed by atoms with Crippen molar-refractivity contribution in [3.05, 3.63) is 57.4 Å². The first kappa shape index (κ1) is 22.6. The predicted molar refractivity (Wildman–Crippen MR) is 125 cm³/mol. The summed E-state index contributed by atoms with van der Waals surface area (Å²) in [5, 5.41) is 0.543. The number of H-pyrrole nitrogens is 1. The maximum atomic E-state index is 12.9. The van der Waals surface area contributed by atoms with E-state index in [-0.39, 0.29) is 5.56 Å². The Morgan fingerprint density at radius 3 is 2.19 bits per heavy atom. The van der Waals surface area contributed by atoms with Crippen LogP contribution in [0, 0.1) is 0 Å². The predicted octanol–water partition coefficient (Wildman–Crippen LogP) is 3.59. The zero-order chi connectivity index (χ0) is 22.5. The molecule has 0 fully saturated rings. The number of hydrogen-bond acceptors (Lipinski definition) is 6. The summed E-state index contributed by atoms with van der Waals surface area (Å²) in [5.41, 5.74) is 3.64. The van der Waals surface area contributed by atoms with Crippen molar-refractivity contribution >= 4 is 16.9 Å². The molecular formula is C24H32N4O3. The molecular weight excluding hydrogens is 392 g/mol. The van der Waals surface area contributed by atoms with Crippen molar-refractivity contribution in [3.8, 4) is 11.5 Å². The molecule has 2 aromatic carbocycles. The van der Waals surface area contributed by atoms with E-state index in [2.05, 4.69) is 53.1 Å². The van der Waals surface area contributed by atoms with Gasteiger partial charge in [-0.05, 0) is 31.1 Å². The Morgan fingerprint density at radius 1 is 1.00 bits per heavy atom. The third-order valence-corrected chi connectivity index (χ3v) is 5.59. The highest BCUT2D eigenvalue weighted by Gasteiger charge is 2.18. The molecule has 0 saturated heterocycles. The van der Waals surface area contributed by atoms with Crippen LogP contribution in [0.4, 0.5) is 5.95 Å². The molecule has 0 atom stereocenters. The van der Waals surface area contributed by atoms with Gasteiger partial charge in [0, 0.05) is 31.8 Å². The van der Waals surface area contributed by atoms with Crippen LogP contribution in [-0.2, 0) is 19.5 Å². The van der Waals surface area contributed by atoms with Crippen LogP contribution >= 0.6 is 0 Å². The minimum absolute atomic E-state index is 0.272. The fourth-order valence-electron chi connectivity index (χ4n) is 3.75. The second-order valence-electron chi connectivity index (χ2n) is 7.74. The molecule has 0 spiro atoms. The van der Waals surface area contributed by atoms with Gasteiger partial charge in [-0.25, -0.2) is 0 Å². The van der Waals surface area contributed by atoms with Crippen LogP contribution in [0.25, 0.3) is 10.9 Å². The smallest absolute Gasteiger partial charge is 0.282 e. The number of hydrogen-bond donors (Lipinski definition) is 1. The summed E-state index contributed by atoms with van der Waals surface area (Å²) < 4.78 is 11.0. The molecule has 0 aliphatic heterocycles. The number of methoxy groups -OCH3 is 2. The van der Waals surface area contributed by atoms with E-state index in [1.807, 2.05) is 18.9 Å². The normalized spacial score (nSPS) is 11.2. The second-order valence-corrected chi connectivity index (χ2v) is 7.74. The van der Waals surface area contributed by atoms with Gasteiger partial charge in [-0.3, -0.25) is 4.79 Å². The zero-order valence-electron chi connectivity index (χ0n) is 19.3. The Kier molecular flexibility index (Phi) is 7.17. The number of benzene rings is 2. The quantitative estimate of drug-likeness (QED) is 0.566. The molecule has 1 heterocycles. The van der Waals surface area contributed by atoms with E-state index in [1.54, 1.807) is 20.3 Å². The van der Waals surface area contributed by atoms with E-state index in [9.17, 15) is 4.79 Å². The van der Waals surface area contributed by atoms with E-state index in [0.717, 1.165) is 24.2 Å². The van der Waals surface area contributed by atoms with E-state index in [0.29, 0.717) is 41.3 Å². The Morgan fingerprint density at radius 2 is 1.65 bits per heavy atom. The van der Waals surface area contributed by atoms with Crippen LogP contribution < -0.4 is 19.9 Å². The van der Waals surface area contributed by atoms with E-state index in [4.69, 9.17) is 9.47 Å². The van der Waals surface area contributed by atoms with Crippen LogP contribution in [0.5, 0.6) is 11.5 Å². The van der Waals surface area contributed by atoms with E-state index in [1.165, 1.54) is 5.56 Å². The average Bonchev–Trinajstić information content (AvgIpc) is 2.78. The highest BCUT2D eigenvalue weighted by molar-refractivity contribution is 5.87. The van der Waals surface area contributed by atoms with Crippen LogP contribution in [0.2, 0.25) is 0 Å². The van der Waals surface area contributed by atoms with Gasteiger partial charge in [0.15, 0.2) is 11.5 Å². The molecule has 1 aromatic heterocycles. The Hall–Kier alpha value is -3.06. The summed E-state index contributed by atoms with van der Waals surface area (Å²) in [5.74, 6) is 1.69. The SMILES string of the molecule is CCc1c(OC)c(OC)cc2[nH]c(N(C)Cc3ccc(CN(C)CC)cc3)nc(=O)c12. The van der Waals surface area contributed by atoms with Gasteiger partial charge in [0.2, 0.25) is 5.95 Å². The number of rotatable bonds is 9. The lowest BCUT2D eigenvalue weighted by molar-refractivity contribution is 0.346. The molecule has 3 aromatic rings. The Labute approximate surface area is 183 Å². The van der Waals surface area contributed by atoms with Crippen molar-refractivity contribution < 1.29 is 9.47 Å².